The van der Waals surface area contributed by atoms with Gasteiger partial charge in [0.1, 0.15) is 11.3 Å². The normalized spacial score (nSPS) is 23.4. The second-order valence-corrected chi connectivity index (χ2v) is 9.43. The summed E-state index contributed by atoms with van der Waals surface area (Å²) in [5.41, 5.74) is 3.06. The fourth-order valence-electron chi connectivity index (χ4n) is 5.87. The third kappa shape index (κ3) is 4.10. The molecule has 2 aliphatic heterocycles. The van der Waals surface area contributed by atoms with Crippen molar-refractivity contribution in [2.24, 2.45) is 5.92 Å². The zero-order valence-electron chi connectivity index (χ0n) is 18.4. The van der Waals surface area contributed by atoms with Crippen LogP contribution >= 0.6 is 0 Å². The molecule has 1 amide bonds. The fraction of sp³-hybridized carbons (Fsp3) is 0.600. The number of benzene rings is 1. The van der Waals surface area contributed by atoms with Gasteiger partial charge in [-0.3, -0.25) is 4.79 Å². The Hall–Kier alpha value is -2.34. The van der Waals surface area contributed by atoms with Crippen LogP contribution in [0.5, 0.6) is 5.75 Å². The van der Waals surface area contributed by atoms with Crippen LogP contribution < -0.4 is 15.7 Å². The Bertz CT molecular complexity index is 1040. The summed E-state index contributed by atoms with van der Waals surface area (Å²) in [6.45, 7) is 5.06. The number of rotatable bonds is 5. The summed E-state index contributed by atoms with van der Waals surface area (Å²) in [7, 11) is 0. The molecule has 0 saturated carbocycles. The number of nitrogens with one attached hydrogen (secondary N) is 1. The largest absolute Gasteiger partial charge is 0.483 e. The quantitative estimate of drug-likeness (QED) is 0.746. The molecular formula is C25H32N2O4. The average Bonchev–Trinajstić information content (AvgIpc) is 3.26. The first kappa shape index (κ1) is 20.6. The van der Waals surface area contributed by atoms with Crippen LogP contribution in [0.1, 0.15) is 55.2 Å². The van der Waals surface area contributed by atoms with Gasteiger partial charge < -0.3 is 19.4 Å². The topological polar surface area (TPSA) is 71.8 Å². The summed E-state index contributed by atoms with van der Waals surface area (Å²) in [5.74, 6) is 1.09. The van der Waals surface area contributed by atoms with E-state index in [0.717, 1.165) is 47.9 Å². The lowest BCUT2D eigenvalue weighted by Gasteiger charge is -2.44. The van der Waals surface area contributed by atoms with E-state index in [1.54, 1.807) is 0 Å². The molecule has 0 bridgehead atoms. The first-order valence-electron chi connectivity index (χ1n) is 11.8. The SMILES string of the molecule is Cc1cc(OCC(=O)NC[C@@H]2CCCN3CCCC[C@@H]23)c2c3c(c(=O)oc2c1)CCC3. The molecule has 1 aromatic carbocycles. The van der Waals surface area contributed by atoms with Gasteiger partial charge in [0.2, 0.25) is 0 Å². The predicted octanol–water partition coefficient (Wildman–Crippen LogP) is 3.35. The molecule has 6 heteroatoms. The minimum atomic E-state index is -0.237. The summed E-state index contributed by atoms with van der Waals surface area (Å²) in [5, 5.41) is 3.97. The Morgan fingerprint density at radius 1 is 1.13 bits per heavy atom. The van der Waals surface area contributed by atoms with E-state index in [1.807, 2.05) is 19.1 Å². The van der Waals surface area contributed by atoms with Gasteiger partial charge in [0.05, 0.1) is 5.39 Å². The lowest BCUT2D eigenvalue weighted by Crippen LogP contribution is -2.51. The van der Waals surface area contributed by atoms with Crippen molar-refractivity contribution in [1.29, 1.82) is 0 Å². The molecule has 0 unspecified atom stereocenters. The Morgan fingerprint density at radius 2 is 1.97 bits per heavy atom. The van der Waals surface area contributed by atoms with E-state index < -0.39 is 0 Å². The number of hydrogen-bond acceptors (Lipinski definition) is 5. The van der Waals surface area contributed by atoms with Gasteiger partial charge in [0, 0.05) is 18.2 Å². The van der Waals surface area contributed by atoms with E-state index in [1.165, 1.54) is 45.2 Å². The van der Waals surface area contributed by atoms with Gasteiger partial charge in [-0.25, -0.2) is 4.79 Å². The van der Waals surface area contributed by atoms with Crippen LogP contribution in [-0.4, -0.2) is 43.1 Å². The van der Waals surface area contributed by atoms with Crippen LogP contribution in [-0.2, 0) is 17.6 Å². The van der Waals surface area contributed by atoms with Gasteiger partial charge in [-0.1, -0.05) is 6.42 Å². The molecule has 2 aromatic rings. The molecular weight excluding hydrogens is 392 g/mol. The van der Waals surface area contributed by atoms with Crippen LogP contribution in [0.4, 0.5) is 0 Å². The molecule has 166 valence electrons. The summed E-state index contributed by atoms with van der Waals surface area (Å²) in [4.78, 5) is 27.5. The monoisotopic (exact) mass is 424 g/mol. The molecule has 3 heterocycles. The molecule has 5 rings (SSSR count). The third-order valence-electron chi connectivity index (χ3n) is 7.33. The van der Waals surface area contributed by atoms with Crippen molar-refractivity contribution in [1.82, 2.24) is 10.2 Å². The maximum Gasteiger partial charge on any atom is 0.339 e. The van der Waals surface area contributed by atoms with Crippen molar-refractivity contribution in [3.05, 3.63) is 39.2 Å². The highest BCUT2D eigenvalue weighted by Crippen LogP contribution is 2.35. The van der Waals surface area contributed by atoms with Gasteiger partial charge >= 0.3 is 5.63 Å². The number of amides is 1. The highest BCUT2D eigenvalue weighted by Gasteiger charge is 2.33. The summed E-state index contributed by atoms with van der Waals surface area (Å²) >= 11 is 0. The molecule has 2 atom stereocenters. The number of hydrogen-bond donors (Lipinski definition) is 1. The van der Waals surface area contributed by atoms with Crippen molar-refractivity contribution < 1.29 is 13.9 Å². The zero-order chi connectivity index (χ0) is 21.4. The second kappa shape index (κ2) is 8.65. The van der Waals surface area contributed by atoms with E-state index in [0.29, 0.717) is 23.3 Å². The van der Waals surface area contributed by atoms with Crippen LogP contribution in [0.15, 0.2) is 21.3 Å². The van der Waals surface area contributed by atoms with Crippen molar-refractivity contribution in [2.45, 2.75) is 64.3 Å². The minimum absolute atomic E-state index is 0.0203. The Labute approximate surface area is 182 Å². The smallest absolute Gasteiger partial charge is 0.339 e. The maximum absolute atomic E-state index is 12.6. The first-order chi connectivity index (χ1) is 15.1. The fourth-order valence-corrected chi connectivity index (χ4v) is 5.87. The van der Waals surface area contributed by atoms with E-state index in [4.69, 9.17) is 9.15 Å². The minimum Gasteiger partial charge on any atom is -0.483 e. The number of ether oxygens (including phenoxy) is 1. The average molecular weight is 425 g/mol. The molecule has 1 aliphatic carbocycles. The number of aryl methyl sites for hydroxylation is 2. The third-order valence-corrected chi connectivity index (χ3v) is 7.33. The van der Waals surface area contributed by atoms with Crippen LogP contribution in [0.2, 0.25) is 0 Å². The van der Waals surface area contributed by atoms with Gasteiger partial charge in [0.25, 0.3) is 5.91 Å². The van der Waals surface area contributed by atoms with Crippen LogP contribution in [0, 0.1) is 12.8 Å². The Balaban J connectivity index is 1.26. The molecule has 2 saturated heterocycles. The van der Waals surface area contributed by atoms with Gasteiger partial charge in [-0.15, -0.1) is 0 Å². The van der Waals surface area contributed by atoms with Crippen molar-refractivity contribution >= 4 is 16.9 Å². The molecule has 0 spiro atoms. The number of carbonyl (C=O) groups is 1. The van der Waals surface area contributed by atoms with Crippen molar-refractivity contribution in [3.63, 3.8) is 0 Å². The van der Waals surface area contributed by atoms with E-state index in [-0.39, 0.29) is 18.1 Å². The molecule has 0 radical (unpaired) electrons. The summed E-state index contributed by atoms with van der Waals surface area (Å²) in [6.07, 6.45) is 8.82. The molecule has 2 fully saturated rings. The number of carbonyl (C=O) groups excluding carboxylic acids is 1. The van der Waals surface area contributed by atoms with Crippen LogP contribution in [0.25, 0.3) is 11.0 Å². The first-order valence-corrected chi connectivity index (χ1v) is 11.8. The van der Waals surface area contributed by atoms with E-state index >= 15 is 0 Å². The molecule has 3 aliphatic rings. The van der Waals surface area contributed by atoms with E-state index in [2.05, 4.69) is 10.2 Å². The van der Waals surface area contributed by atoms with Gasteiger partial charge in [-0.2, -0.15) is 0 Å². The second-order valence-electron chi connectivity index (χ2n) is 9.43. The lowest BCUT2D eigenvalue weighted by molar-refractivity contribution is -0.123. The standard InChI is InChI=1S/C25H32N2O4/c1-16-12-21(24-18-7-4-8-19(18)25(29)31-22(24)13-16)30-15-23(28)26-14-17-6-5-11-27-10-3-2-9-20(17)27/h12-13,17,20H,2-11,14-15H2,1H3,(H,26,28)/t17-,20-/m0/s1. The number of piperidine rings is 2. The highest BCUT2D eigenvalue weighted by atomic mass is 16.5. The molecule has 1 N–H and O–H groups in total. The summed E-state index contributed by atoms with van der Waals surface area (Å²) in [6, 6.07) is 4.44. The number of nitrogens with zero attached hydrogens (tertiary/aromatic N) is 1. The predicted molar refractivity (Wildman–Crippen MR) is 120 cm³/mol. The van der Waals surface area contributed by atoms with Crippen molar-refractivity contribution in [3.8, 4) is 5.75 Å². The van der Waals surface area contributed by atoms with E-state index in [9.17, 15) is 9.59 Å². The Kier molecular flexibility index (Phi) is 5.74. The maximum atomic E-state index is 12.6. The van der Waals surface area contributed by atoms with Gasteiger partial charge in [-0.05, 0) is 94.1 Å². The molecule has 31 heavy (non-hydrogen) atoms. The zero-order valence-corrected chi connectivity index (χ0v) is 18.4. The molecule has 1 aromatic heterocycles. The number of fused-ring (bicyclic) bond motifs is 4. The summed E-state index contributed by atoms with van der Waals surface area (Å²) < 4.78 is 11.6. The molecule has 6 nitrogen and oxygen atoms in total. The highest BCUT2D eigenvalue weighted by molar-refractivity contribution is 5.89. The van der Waals surface area contributed by atoms with Crippen LogP contribution in [0.3, 0.4) is 0 Å². The lowest BCUT2D eigenvalue weighted by atomic mass is 9.83. The van der Waals surface area contributed by atoms with Gasteiger partial charge in [0.15, 0.2) is 6.61 Å². The Morgan fingerprint density at radius 3 is 2.87 bits per heavy atom. The van der Waals surface area contributed by atoms with Crippen molar-refractivity contribution in [2.75, 3.05) is 26.2 Å².